The number of nitrogens with one attached hydrogen (secondary N) is 2. The smallest absolute Gasteiger partial charge is 0.202 e. The largest absolute Gasteiger partial charge is 0.507 e. The van der Waals surface area contributed by atoms with E-state index in [0.717, 1.165) is 5.39 Å². The molecular weight excluding hydrogens is 288 g/mol. The van der Waals surface area contributed by atoms with Crippen molar-refractivity contribution in [1.82, 2.24) is 9.97 Å². The molecule has 0 saturated carbocycles. The second kappa shape index (κ2) is 5.38. The minimum absolute atomic E-state index is 0.00992. The van der Waals surface area contributed by atoms with E-state index >= 15 is 0 Å². The summed E-state index contributed by atoms with van der Waals surface area (Å²) in [6.07, 6.45) is 0. The van der Waals surface area contributed by atoms with Crippen molar-refractivity contribution >= 4 is 28.3 Å². The molecule has 0 fully saturated rings. The summed E-state index contributed by atoms with van der Waals surface area (Å²) in [5.74, 6) is -0.0486. The molecule has 0 bridgehead atoms. The van der Waals surface area contributed by atoms with Crippen molar-refractivity contribution in [1.29, 1.82) is 5.41 Å². The number of para-hydroxylation sites is 2. The molecule has 3 rings (SSSR count). The number of phenols is 1. The Kier molecular flexibility index (Phi) is 3.41. The van der Waals surface area contributed by atoms with Crippen LogP contribution in [0.25, 0.3) is 10.9 Å². The highest BCUT2D eigenvalue weighted by molar-refractivity contribution is 6.28. The Morgan fingerprint density at radius 2 is 1.86 bits per heavy atom. The van der Waals surface area contributed by atoms with Gasteiger partial charge in [-0.05, 0) is 35.9 Å². The number of H-pyrrole nitrogens is 1. The fourth-order valence-electron chi connectivity index (χ4n) is 2.00. The lowest BCUT2D eigenvalue weighted by atomic mass is 10.2. The van der Waals surface area contributed by atoms with Gasteiger partial charge in [-0.15, -0.1) is 0 Å². The molecule has 0 unspecified atom stereocenters. The average Bonchev–Trinajstić information content (AvgIpc) is 2.47. The van der Waals surface area contributed by atoms with Crippen LogP contribution in [0.4, 0.5) is 0 Å². The number of fused-ring (bicyclic) bond motifs is 1. The summed E-state index contributed by atoms with van der Waals surface area (Å²) in [7, 11) is 0. The van der Waals surface area contributed by atoms with E-state index in [1.165, 1.54) is 6.07 Å². The van der Waals surface area contributed by atoms with E-state index in [0.29, 0.717) is 16.6 Å². The fourth-order valence-corrected chi connectivity index (χ4v) is 2.18. The lowest BCUT2D eigenvalue weighted by Crippen LogP contribution is -2.14. The number of benzene rings is 2. The number of hydrogen-bond donors (Lipinski definition) is 3. The van der Waals surface area contributed by atoms with Crippen molar-refractivity contribution in [2.24, 2.45) is 4.99 Å². The monoisotopic (exact) mass is 298 g/mol. The first-order chi connectivity index (χ1) is 10.1. The van der Waals surface area contributed by atoms with Crippen molar-refractivity contribution < 1.29 is 5.11 Å². The second-order valence-corrected chi connectivity index (χ2v) is 4.73. The number of halogens is 1. The van der Waals surface area contributed by atoms with Crippen LogP contribution in [0.2, 0.25) is 5.28 Å². The normalized spacial score (nSPS) is 11.8. The maximum absolute atomic E-state index is 9.78. The van der Waals surface area contributed by atoms with Crippen molar-refractivity contribution in [3.63, 3.8) is 0 Å². The van der Waals surface area contributed by atoms with E-state index in [1.807, 2.05) is 24.3 Å². The molecule has 0 amide bonds. The van der Waals surface area contributed by atoms with Gasteiger partial charge in [0.25, 0.3) is 0 Å². The van der Waals surface area contributed by atoms with Gasteiger partial charge in [0.2, 0.25) is 5.28 Å². The minimum Gasteiger partial charge on any atom is -0.507 e. The number of aromatic amines is 1. The zero-order valence-corrected chi connectivity index (χ0v) is 11.6. The van der Waals surface area contributed by atoms with Crippen LogP contribution in [0, 0.1) is 5.41 Å². The molecule has 0 radical (unpaired) electrons. The van der Waals surface area contributed by atoms with E-state index in [-0.39, 0.29) is 16.9 Å². The third kappa shape index (κ3) is 2.64. The van der Waals surface area contributed by atoms with Crippen LogP contribution >= 0.6 is 11.6 Å². The van der Waals surface area contributed by atoms with Gasteiger partial charge in [-0.3, -0.25) is 5.41 Å². The van der Waals surface area contributed by atoms with Crippen LogP contribution in [-0.4, -0.2) is 20.9 Å². The SMILES string of the molecule is N=C(/N=c1\[nH]c(Cl)nc2ccccc12)c1ccccc1O. The van der Waals surface area contributed by atoms with Crippen molar-refractivity contribution in [3.05, 3.63) is 64.9 Å². The summed E-state index contributed by atoms with van der Waals surface area (Å²) in [4.78, 5) is 11.2. The summed E-state index contributed by atoms with van der Waals surface area (Å²) in [5.41, 5.74) is 1.46. The van der Waals surface area contributed by atoms with E-state index < -0.39 is 0 Å². The predicted molar refractivity (Wildman–Crippen MR) is 81.6 cm³/mol. The summed E-state index contributed by atoms with van der Waals surface area (Å²) in [5, 5.41) is 18.8. The maximum atomic E-state index is 9.78. The molecule has 0 aliphatic carbocycles. The highest BCUT2D eigenvalue weighted by Crippen LogP contribution is 2.16. The molecule has 1 aromatic heterocycles. The maximum Gasteiger partial charge on any atom is 0.202 e. The van der Waals surface area contributed by atoms with Gasteiger partial charge < -0.3 is 10.1 Å². The Balaban J connectivity index is 2.20. The lowest BCUT2D eigenvalue weighted by Gasteiger charge is -2.03. The van der Waals surface area contributed by atoms with Gasteiger partial charge in [-0.25, -0.2) is 9.98 Å². The topological polar surface area (TPSA) is 85.1 Å². The molecule has 0 aliphatic heterocycles. The predicted octanol–water partition coefficient (Wildman–Crippen LogP) is 2.85. The van der Waals surface area contributed by atoms with Crippen molar-refractivity contribution in [2.45, 2.75) is 0 Å². The Morgan fingerprint density at radius 3 is 2.67 bits per heavy atom. The van der Waals surface area contributed by atoms with Gasteiger partial charge in [-0.1, -0.05) is 24.3 Å². The highest BCUT2D eigenvalue weighted by atomic mass is 35.5. The van der Waals surface area contributed by atoms with Crippen LogP contribution in [0.3, 0.4) is 0 Å². The molecule has 21 heavy (non-hydrogen) atoms. The standard InChI is InChI=1S/C15H11ClN4O/c16-15-18-11-7-3-1-5-9(11)14(20-15)19-13(17)10-6-2-4-8-12(10)21/h1-8,21H,(H2,17,18,19,20). The Hall–Kier alpha value is -2.66. The number of amidine groups is 1. The number of hydrogen-bond acceptors (Lipinski definition) is 3. The van der Waals surface area contributed by atoms with E-state index in [1.54, 1.807) is 18.2 Å². The molecule has 0 saturated heterocycles. The molecule has 2 aromatic carbocycles. The third-order valence-electron chi connectivity index (χ3n) is 2.98. The van der Waals surface area contributed by atoms with Gasteiger partial charge in [0, 0.05) is 5.39 Å². The molecule has 5 nitrogen and oxygen atoms in total. The molecular formula is C15H11ClN4O. The third-order valence-corrected chi connectivity index (χ3v) is 3.16. The number of nitrogens with zero attached hydrogens (tertiary/aromatic N) is 2. The van der Waals surface area contributed by atoms with Crippen molar-refractivity contribution in [3.8, 4) is 5.75 Å². The highest BCUT2D eigenvalue weighted by Gasteiger charge is 2.06. The second-order valence-electron chi connectivity index (χ2n) is 4.37. The van der Waals surface area contributed by atoms with Gasteiger partial charge in [0.05, 0.1) is 11.1 Å². The van der Waals surface area contributed by atoms with Crippen LogP contribution in [0.5, 0.6) is 5.75 Å². The van der Waals surface area contributed by atoms with Crippen LogP contribution in [0.1, 0.15) is 5.56 Å². The van der Waals surface area contributed by atoms with Crippen LogP contribution < -0.4 is 5.49 Å². The molecule has 0 atom stereocenters. The summed E-state index contributed by atoms with van der Waals surface area (Å²) < 4.78 is 0. The van der Waals surface area contributed by atoms with E-state index in [9.17, 15) is 5.11 Å². The lowest BCUT2D eigenvalue weighted by molar-refractivity contribution is 0.474. The first-order valence-electron chi connectivity index (χ1n) is 6.21. The van der Waals surface area contributed by atoms with Gasteiger partial charge in [0.1, 0.15) is 11.2 Å². The number of phenolic OH excluding ortho intramolecular Hbond substituents is 1. The molecule has 104 valence electrons. The molecule has 6 heteroatoms. The Labute approximate surface area is 125 Å². The Morgan fingerprint density at radius 1 is 1.14 bits per heavy atom. The molecule has 0 aliphatic rings. The van der Waals surface area contributed by atoms with Crippen LogP contribution in [-0.2, 0) is 0 Å². The first-order valence-corrected chi connectivity index (χ1v) is 6.59. The van der Waals surface area contributed by atoms with Gasteiger partial charge in [-0.2, -0.15) is 0 Å². The molecule has 0 spiro atoms. The minimum atomic E-state index is -0.0585. The number of rotatable bonds is 1. The fraction of sp³-hybridized carbons (Fsp3) is 0. The Bertz CT molecular complexity index is 901. The van der Waals surface area contributed by atoms with Gasteiger partial charge in [0.15, 0.2) is 5.84 Å². The number of aromatic hydroxyl groups is 1. The van der Waals surface area contributed by atoms with Gasteiger partial charge >= 0.3 is 0 Å². The van der Waals surface area contributed by atoms with Crippen LogP contribution in [0.15, 0.2) is 53.5 Å². The summed E-state index contributed by atoms with van der Waals surface area (Å²) >= 11 is 5.94. The average molecular weight is 299 g/mol. The quantitative estimate of drug-likeness (QED) is 0.366. The van der Waals surface area contributed by atoms with E-state index in [4.69, 9.17) is 17.0 Å². The molecule has 3 aromatic rings. The van der Waals surface area contributed by atoms with Crippen molar-refractivity contribution in [2.75, 3.05) is 0 Å². The van der Waals surface area contributed by atoms with E-state index in [2.05, 4.69) is 15.0 Å². The molecule has 3 N–H and O–H groups in total. The summed E-state index contributed by atoms with van der Waals surface area (Å²) in [6, 6.07) is 13.9. The zero-order chi connectivity index (χ0) is 14.8. The number of aromatic nitrogens is 2. The summed E-state index contributed by atoms with van der Waals surface area (Å²) in [6.45, 7) is 0. The first kappa shape index (κ1) is 13.3. The zero-order valence-electron chi connectivity index (χ0n) is 10.8. The molecule has 1 heterocycles.